The molecule has 2 heterocycles. The topological polar surface area (TPSA) is 63.5 Å². The SMILES string of the molecule is Cc1ccc(C)c(S(=O)(=O)Nc2ncc3ccccn23)c1. The normalized spacial score (nSPS) is 11.7. The standard InChI is InChI=1S/C15H15N3O2S/c1-11-6-7-12(2)14(9-11)21(19,20)17-15-16-10-13-5-3-4-8-18(13)15/h3-10H,1-2H3,(H,16,17). The monoisotopic (exact) mass is 301 g/mol. The number of imidazole rings is 1. The molecule has 0 saturated heterocycles. The predicted molar refractivity (Wildman–Crippen MR) is 81.9 cm³/mol. The Morgan fingerprint density at radius 2 is 1.95 bits per heavy atom. The fourth-order valence-electron chi connectivity index (χ4n) is 2.19. The maximum Gasteiger partial charge on any atom is 0.264 e. The van der Waals surface area contributed by atoms with E-state index in [1.165, 1.54) is 0 Å². The first-order valence-electron chi connectivity index (χ1n) is 6.49. The molecule has 3 rings (SSSR count). The number of hydrogen-bond acceptors (Lipinski definition) is 3. The average molecular weight is 301 g/mol. The molecule has 0 spiro atoms. The van der Waals surface area contributed by atoms with Crippen LogP contribution in [0.4, 0.5) is 5.95 Å². The van der Waals surface area contributed by atoms with E-state index >= 15 is 0 Å². The molecule has 0 fully saturated rings. The molecule has 0 unspecified atom stereocenters. The first-order chi connectivity index (χ1) is 9.97. The molecule has 0 aliphatic rings. The Balaban J connectivity index is 2.05. The third-order valence-electron chi connectivity index (χ3n) is 3.30. The Bertz CT molecular complexity index is 914. The molecule has 0 aliphatic heterocycles. The summed E-state index contributed by atoms with van der Waals surface area (Å²) in [6, 6.07) is 10.9. The largest absolute Gasteiger partial charge is 0.285 e. The molecule has 0 aliphatic carbocycles. The van der Waals surface area contributed by atoms with Crippen molar-refractivity contribution in [3.63, 3.8) is 0 Å². The van der Waals surface area contributed by atoms with Crippen molar-refractivity contribution in [1.82, 2.24) is 9.38 Å². The molecular formula is C15H15N3O2S. The smallest absolute Gasteiger partial charge is 0.264 e. The quantitative estimate of drug-likeness (QED) is 0.809. The van der Waals surface area contributed by atoms with Gasteiger partial charge >= 0.3 is 0 Å². The van der Waals surface area contributed by atoms with Crippen LogP contribution in [0.2, 0.25) is 0 Å². The van der Waals surface area contributed by atoms with E-state index in [1.54, 1.807) is 35.9 Å². The minimum atomic E-state index is -3.66. The van der Waals surface area contributed by atoms with Gasteiger partial charge in [-0.1, -0.05) is 18.2 Å². The molecule has 5 nitrogen and oxygen atoms in total. The van der Waals surface area contributed by atoms with Gasteiger partial charge in [-0.15, -0.1) is 0 Å². The Morgan fingerprint density at radius 3 is 2.76 bits per heavy atom. The van der Waals surface area contributed by atoms with Crippen LogP contribution >= 0.6 is 0 Å². The van der Waals surface area contributed by atoms with Crippen LogP contribution in [0.15, 0.2) is 53.7 Å². The lowest BCUT2D eigenvalue weighted by molar-refractivity contribution is 0.600. The summed E-state index contributed by atoms with van der Waals surface area (Å²) in [4.78, 5) is 4.40. The van der Waals surface area contributed by atoms with Gasteiger partial charge in [0, 0.05) is 6.20 Å². The number of rotatable bonds is 3. The molecule has 0 bridgehead atoms. The molecule has 21 heavy (non-hydrogen) atoms. The molecule has 108 valence electrons. The summed E-state index contributed by atoms with van der Waals surface area (Å²) in [5, 5.41) is 0. The molecule has 0 radical (unpaired) electrons. The van der Waals surface area contributed by atoms with Gasteiger partial charge in [0.2, 0.25) is 5.95 Å². The molecule has 0 atom stereocenters. The number of benzene rings is 1. The average Bonchev–Trinajstić information content (AvgIpc) is 2.84. The number of nitrogens with zero attached hydrogens (tertiary/aromatic N) is 2. The van der Waals surface area contributed by atoms with E-state index in [2.05, 4.69) is 9.71 Å². The number of pyridine rings is 1. The minimum Gasteiger partial charge on any atom is -0.285 e. The minimum absolute atomic E-state index is 0.273. The van der Waals surface area contributed by atoms with Crippen LogP contribution in [0.25, 0.3) is 5.52 Å². The van der Waals surface area contributed by atoms with Crippen molar-refractivity contribution in [2.75, 3.05) is 4.72 Å². The van der Waals surface area contributed by atoms with Crippen molar-refractivity contribution in [2.45, 2.75) is 18.7 Å². The maximum atomic E-state index is 12.6. The van der Waals surface area contributed by atoms with Crippen LogP contribution < -0.4 is 4.72 Å². The van der Waals surface area contributed by atoms with Gasteiger partial charge in [0.1, 0.15) is 0 Å². The number of fused-ring (bicyclic) bond motifs is 1. The van der Waals surface area contributed by atoms with Crippen molar-refractivity contribution in [1.29, 1.82) is 0 Å². The highest BCUT2D eigenvalue weighted by Crippen LogP contribution is 2.20. The number of sulfonamides is 1. The van der Waals surface area contributed by atoms with E-state index in [0.29, 0.717) is 5.56 Å². The second kappa shape index (κ2) is 4.89. The van der Waals surface area contributed by atoms with Gasteiger partial charge in [0.05, 0.1) is 16.6 Å². The second-order valence-electron chi connectivity index (χ2n) is 4.95. The van der Waals surface area contributed by atoms with E-state index in [0.717, 1.165) is 11.1 Å². The van der Waals surface area contributed by atoms with Gasteiger partial charge in [-0.2, -0.15) is 0 Å². The van der Waals surface area contributed by atoms with Crippen molar-refractivity contribution in [3.8, 4) is 0 Å². The molecule has 1 aromatic carbocycles. The maximum absolute atomic E-state index is 12.6. The second-order valence-corrected chi connectivity index (χ2v) is 6.60. The fraction of sp³-hybridized carbons (Fsp3) is 0.133. The number of aryl methyl sites for hydroxylation is 2. The number of nitrogens with one attached hydrogen (secondary N) is 1. The zero-order chi connectivity index (χ0) is 15.0. The van der Waals surface area contributed by atoms with Crippen molar-refractivity contribution >= 4 is 21.5 Å². The van der Waals surface area contributed by atoms with E-state index in [9.17, 15) is 8.42 Å². The molecule has 1 N–H and O–H groups in total. The first kappa shape index (κ1) is 13.6. The van der Waals surface area contributed by atoms with Crippen molar-refractivity contribution < 1.29 is 8.42 Å². The van der Waals surface area contributed by atoms with Gasteiger partial charge in [-0.25, -0.2) is 18.1 Å². The zero-order valence-electron chi connectivity index (χ0n) is 11.7. The number of aromatic nitrogens is 2. The van der Waals surface area contributed by atoms with Crippen LogP contribution in [0.5, 0.6) is 0 Å². The Hall–Kier alpha value is -2.34. The van der Waals surface area contributed by atoms with Gasteiger partial charge in [-0.05, 0) is 43.2 Å². The highest BCUT2D eigenvalue weighted by Gasteiger charge is 2.19. The van der Waals surface area contributed by atoms with Crippen molar-refractivity contribution in [2.24, 2.45) is 0 Å². The summed E-state index contributed by atoms with van der Waals surface area (Å²) in [7, 11) is -3.66. The van der Waals surface area contributed by atoms with Crippen LogP contribution in [-0.4, -0.2) is 17.8 Å². The lowest BCUT2D eigenvalue weighted by atomic mass is 10.2. The van der Waals surface area contributed by atoms with E-state index in [4.69, 9.17) is 0 Å². The summed E-state index contributed by atoms with van der Waals surface area (Å²) in [5.41, 5.74) is 2.43. The highest BCUT2D eigenvalue weighted by molar-refractivity contribution is 7.92. The van der Waals surface area contributed by atoms with Crippen LogP contribution in [0.3, 0.4) is 0 Å². The molecule has 0 amide bonds. The lowest BCUT2D eigenvalue weighted by Crippen LogP contribution is -2.16. The Labute approximate surface area is 123 Å². The molecule has 2 aromatic heterocycles. The fourth-order valence-corrected chi connectivity index (χ4v) is 3.53. The number of anilines is 1. The third kappa shape index (κ3) is 2.50. The summed E-state index contributed by atoms with van der Waals surface area (Å²) < 4.78 is 29.4. The molecule has 3 aromatic rings. The van der Waals surface area contributed by atoms with Crippen LogP contribution in [0.1, 0.15) is 11.1 Å². The summed E-state index contributed by atoms with van der Waals surface area (Å²) in [6.07, 6.45) is 3.39. The van der Waals surface area contributed by atoms with E-state index in [-0.39, 0.29) is 10.8 Å². The summed E-state index contributed by atoms with van der Waals surface area (Å²) in [5.74, 6) is 0.284. The van der Waals surface area contributed by atoms with Gasteiger partial charge in [0.25, 0.3) is 10.0 Å². The van der Waals surface area contributed by atoms with Crippen LogP contribution in [-0.2, 0) is 10.0 Å². The van der Waals surface area contributed by atoms with Gasteiger partial charge in [-0.3, -0.25) is 4.40 Å². The lowest BCUT2D eigenvalue weighted by Gasteiger charge is -2.10. The van der Waals surface area contributed by atoms with E-state index < -0.39 is 10.0 Å². The highest BCUT2D eigenvalue weighted by atomic mass is 32.2. The summed E-state index contributed by atoms with van der Waals surface area (Å²) in [6.45, 7) is 3.64. The molecule has 6 heteroatoms. The molecule has 0 saturated carbocycles. The Morgan fingerprint density at radius 1 is 1.14 bits per heavy atom. The van der Waals surface area contributed by atoms with Crippen molar-refractivity contribution in [3.05, 3.63) is 59.9 Å². The third-order valence-corrected chi connectivity index (χ3v) is 4.77. The van der Waals surface area contributed by atoms with Gasteiger partial charge < -0.3 is 0 Å². The van der Waals surface area contributed by atoms with Gasteiger partial charge in [0.15, 0.2) is 0 Å². The zero-order valence-corrected chi connectivity index (χ0v) is 12.6. The van der Waals surface area contributed by atoms with E-state index in [1.807, 2.05) is 31.2 Å². The first-order valence-corrected chi connectivity index (χ1v) is 7.98. The summed E-state index contributed by atoms with van der Waals surface area (Å²) >= 11 is 0. The Kier molecular flexibility index (Phi) is 3.17. The van der Waals surface area contributed by atoms with Crippen LogP contribution in [0, 0.1) is 13.8 Å². The molecular weight excluding hydrogens is 286 g/mol. The number of hydrogen-bond donors (Lipinski definition) is 1. The predicted octanol–water partition coefficient (Wildman–Crippen LogP) is 2.75.